The van der Waals surface area contributed by atoms with Gasteiger partial charge in [-0.2, -0.15) is 4.31 Å². The highest BCUT2D eigenvalue weighted by atomic mass is 35.5. The number of thiophene rings is 1. The molecule has 3 aromatic rings. The number of rotatable bonds is 5. The molecule has 29 heavy (non-hydrogen) atoms. The third-order valence-electron chi connectivity index (χ3n) is 5.02. The zero-order valence-electron chi connectivity index (χ0n) is 15.3. The van der Waals surface area contributed by atoms with E-state index in [2.05, 4.69) is 22.4 Å². The number of nitro benzene ring substituents is 1. The van der Waals surface area contributed by atoms with Crippen molar-refractivity contribution >= 4 is 48.7 Å². The molecule has 2 heterocycles. The fourth-order valence-corrected chi connectivity index (χ4v) is 6.19. The first-order valence-electron chi connectivity index (χ1n) is 8.98. The number of sulfonamides is 1. The summed E-state index contributed by atoms with van der Waals surface area (Å²) in [7, 11) is -3.97. The molecule has 1 aliphatic heterocycles. The molecule has 0 spiro atoms. The second-order valence-electron chi connectivity index (χ2n) is 6.81. The summed E-state index contributed by atoms with van der Waals surface area (Å²) < 4.78 is 28.5. The van der Waals surface area contributed by atoms with Gasteiger partial charge in [0.2, 0.25) is 10.0 Å². The van der Waals surface area contributed by atoms with Crippen molar-refractivity contribution < 1.29 is 13.3 Å². The van der Waals surface area contributed by atoms with Gasteiger partial charge in [-0.05, 0) is 34.5 Å². The van der Waals surface area contributed by atoms with Crippen molar-refractivity contribution in [1.82, 2.24) is 9.21 Å². The molecule has 4 rings (SSSR count). The lowest BCUT2D eigenvalue weighted by Gasteiger charge is -2.33. The zero-order valence-corrected chi connectivity index (χ0v) is 17.7. The van der Waals surface area contributed by atoms with Gasteiger partial charge in [0.25, 0.3) is 5.69 Å². The van der Waals surface area contributed by atoms with Crippen molar-refractivity contribution in [2.24, 2.45) is 0 Å². The number of hydrogen-bond donors (Lipinski definition) is 0. The molecular weight excluding hydrogens is 434 g/mol. The van der Waals surface area contributed by atoms with Crippen LogP contribution in [0.2, 0.25) is 5.02 Å². The van der Waals surface area contributed by atoms with E-state index < -0.39 is 20.6 Å². The fourth-order valence-electron chi connectivity index (χ4n) is 3.51. The zero-order chi connectivity index (χ0) is 20.6. The molecule has 1 aromatic heterocycles. The molecule has 152 valence electrons. The summed E-state index contributed by atoms with van der Waals surface area (Å²) in [6, 6.07) is 11.9. The predicted molar refractivity (Wildman–Crippen MR) is 114 cm³/mol. The fraction of sp³-hybridized carbons (Fsp3) is 0.263. The highest BCUT2D eigenvalue weighted by molar-refractivity contribution is 7.89. The molecule has 0 amide bonds. The normalized spacial score (nSPS) is 16.3. The van der Waals surface area contributed by atoms with Crippen LogP contribution in [-0.2, 0) is 16.6 Å². The topological polar surface area (TPSA) is 83.8 Å². The molecule has 0 bridgehead atoms. The Kier molecular flexibility index (Phi) is 5.58. The Hall–Kier alpha value is -2.04. The van der Waals surface area contributed by atoms with Gasteiger partial charge in [0.1, 0.15) is 0 Å². The standard InChI is InChI=1S/C19H18ClN3O4S2/c20-15-5-6-19(17(11-15)23(24)25)29(26,27)22-9-7-21(8-10-22)12-14-13-28-18-4-2-1-3-16(14)18/h1-6,11,13H,7-10,12H2. The molecule has 2 aromatic carbocycles. The van der Waals surface area contributed by atoms with Gasteiger partial charge in [0.15, 0.2) is 4.90 Å². The van der Waals surface area contributed by atoms with Crippen LogP contribution in [0.1, 0.15) is 5.56 Å². The summed E-state index contributed by atoms with van der Waals surface area (Å²) in [6.07, 6.45) is 0. The van der Waals surface area contributed by atoms with E-state index in [1.165, 1.54) is 32.1 Å². The summed E-state index contributed by atoms with van der Waals surface area (Å²) >= 11 is 7.51. The van der Waals surface area contributed by atoms with E-state index in [0.29, 0.717) is 13.1 Å². The monoisotopic (exact) mass is 451 g/mol. The molecule has 1 fully saturated rings. The van der Waals surface area contributed by atoms with Gasteiger partial charge in [0, 0.05) is 48.5 Å². The molecular formula is C19H18ClN3O4S2. The predicted octanol–water partition coefficient (Wildman–Crippen LogP) is 3.97. The van der Waals surface area contributed by atoms with Crippen LogP contribution in [0, 0.1) is 10.1 Å². The van der Waals surface area contributed by atoms with Crippen LogP contribution in [0.25, 0.3) is 10.1 Å². The summed E-state index contributed by atoms with van der Waals surface area (Å²) in [4.78, 5) is 12.5. The Labute approximate surface area is 177 Å². The van der Waals surface area contributed by atoms with Crippen LogP contribution in [0.3, 0.4) is 0 Å². The Morgan fingerprint density at radius 2 is 1.83 bits per heavy atom. The minimum absolute atomic E-state index is 0.128. The smallest absolute Gasteiger partial charge is 0.290 e. The average Bonchev–Trinajstić information content (AvgIpc) is 3.11. The van der Waals surface area contributed by atoms with E-state index in [4.69, 9.17) is 11.6 Å². The first-order valence-corrected chi connectivity index (χ1v) is 11.7. The van der Waals surface area contributed by atoms with Gasteiger partial charge < -0.3 is 0 Å². The lowest BCUT2D eigenvalue weighted by molar-refractivity contribution is -0.387. The number of nitro groups is 1. The van der Waals surface area contributed by atoms with Crippen molar-refractivity contribution in [2.75, 3.05) is 26.2 Å². The number of fused-ring (bicyclic) bond motifs is 1. The van der Waals surface area contributed by atoms with E-state index in [9.17, 15) is 18.5 Å². The summed E-state index contributed by atoms with van der Waals surface area (Å²) in [5.74, 6) is 0. The minimum atomic E-state index is -3.97. The van der Waals surface area contributed by atoms with Crippen LogP contribution < -0.4 is 0 Å². The third-order valence-corrected chi connectivity index (χ3v) is 8.22. The molecule has 1 saturated heterocycles. The Morgan fingerprint density at radius 3 is 2.55 bits per heavy atom. The lowest BCUT2D eigenvalue weighted by Crippen LogP contribution is -2.48. The average molecular weight is 452 g/mol. The van der Waals surface area contributed by atoms with E-state index in [1.54, 1.807) is 11.3 Å². The van der Waals surface area contributed by atoms with Gasteiger partial charge >= 0.3 is 0 Å². The second kappa shape index (κ2) is 8.00. The largest absolute Gasteiger partial charge is 0.296 e. The molecule has 0 radical (unpaired) electrons. The number of halogens is 1. The van der Waals surface area contributed by atoms with Crippen LogP contribution in [0.5, 0.6) is 0 Å². The van der Waals surface area contributed by atoms with E-state index in [-0.39, 0.29) is 23.0 Å². The summed E-state index contributed by atoms with van der Waals surface area (Å²) in [5.41, 5.74) is 0.736. The number of benzene rings is 2. The lowest BCUT2D eigenvalue weighted by atomic mass is 10.1. The molecule has 7 nitrogen and oxygen atoms in total. The maximum atomic E-state index is 13.0. The van der Waals surface area contributed by atoms with Crippen LogP contribution in [0.15, 0.2) is 52.7 Å². The van der Waals surface area contributed by atoms with Gasteiger partial charge in [-0.1, -0.05) is 29.8 Å². The molecule has 0 saturated carbocycles. The molecule has 0 atom stereocenters. The molecule has 10 heteroatoms. The SMILES string of the molecule is O=[N+]([O-])c1cc(Cl)ccc1S(=O)(=O)N1CCN(Cc2csc3ccccc23)CC1. The number of nitrogens with zero attached hydrogens (tertiary/aromatic N) is 3. The van der Waals surface area contributed by atoms with Gasteiger partial charge in [-0.25, -0.2) is 8.42 Å². The quantitative estimate of drug-likeness (QED) is 0.433. The Morgan fingerprint density at radius 1 is 1.10 bits per heavy atom. The van der Waals surface area contributed by atoms with Crippen molar-refractivity contribution in [3.63, 3.8) is 0 Å². The number of piperazine rings is 1. The maximum Gasteiger partial charge on any atom is 0.290 e. The highest BCUT2D eigenvalue weighted by Gasteiger charge is 2.34. The van der Waals surface area contributed by atoms with Crippen LogP contribution in [0.4, 0.5) is 5.69 Å². The van der Waals surface area contributed by atoms with Crippen molar-refractivity contribution in [3.8, 4) is 0 Å². The van der Waals surface area contributed by atoms with E-state index >= 15 is 0 Å². The van der Waals surface area contributed by atoms with Gasteiger partial charge in [-0.3, -0.25) is 15.0 Å². The summed E-state index contributed by atoms with van der Waals surface area (Å²) in [5, 5.41) is 14.8. The third kappa shape index (κ3) is 4.01. The van der Waals surface area contributed by atoms with Crippen molar-refractivity contribution in [1.29, 1.82) is 0 Å². The number of hydrogen-bond acceptors (Lipinski definition) is 6. The Bertz CT molecular complexity index is 1170. The Balaban J connectivity index is 1.49. The van der Waals surface area contributed by atoms with Crippen LogP contribution >= 0.6 is 22.9 Å². The minimum Gasteiger partial charge on any atom is -0.296 e. The highest BCUT2D eigenvalue weighted by Crippen LogP contribution is 2.31. The van der Waals surface area contributed by atoms with E-state index in [1.807, 2.05) is 12.1 Å². The first kappa shape index (κ1) is 20.2. The van der Waals surface area contributed by atoms with E-state index in [0.717, 1.165) is 12.6 Å². The second-order valence-corrected chi connectivity index (χ2v) is 10.1. The van der Waals surface area contributed by atoms with Crippen molar-refractivity contribution in [2.45, 2.75) is 11.4 Å². The van der Waals surface area contributed by atoms with Crippen LogP contribution in [-0.4, -0.2) is 48.7 Å². The summed E-state index contributed by atoms with van der Waals surface area (Å²) in [6.45, 7) is 2.43. The maximum absolute atomic E-state index is 13.0. The molecule has 0 N–H and O–H groups in total. The molecule has 1 aliphatic rings. The molecule has 0 unspecified atom stereocenters. The first-order chi connectivity index (χ1) is 13.9. The van der Waals surface area contributed by atoms with Gasteiger partial charge in [0.05, 0.1) is 4.92 Å². The molecule has 0 aliphatic carbocycles. The van der Waals surface area contributed by atoms with Crippen molar-refractivity contribution in [3.05, 3.63) is 68.5 Å². The van der Waals surface area contributed by atoms with Gasteiger partial charge in [-0.15, -0.1) is 11.3 Å².